The Morgan fingerprint density at radius 1 is 1.22 bits per heavy atom. The van der Waals surface area contributed by atoms with Gasteiger partial charge in [0.25, 0.3) is 11.8 Å². The van der Waals surface area contributed by atoms with E-state index < -0.39 is 40.7 Å². The van der Waals surface area contributed by atoms with E-state index in [4.69, 9.17) is 4.74 Å². The summed E-state index contributed by atoms with van der Waals surface area (Å²) in [7, 11) is 0. The molecule has 1 saturated heterocycles. The van der Waals surface area contributed by atoms with E-state index in [1.54, 1.807) is 33.8 Å². The normalized spacial score (nSPS) is 17.5. The van der Waals surface area contributed by atoms with Crippen LogP contribution in [0.1, 0.15) is 40.2 Å². The minimum Gasteiger partial charge on any atom is -0.506 e. The Morgan fingerprint density at radius 3 is 2.30 bits per heavy atom. The van der Waals surface area contributed by atoms with Crippen LogP contribution in [0.4, 0.5) is 10.5 Å². The number of rotatable bonds is 4. The molecule has 1 unspecified atom stereocenters. The fourth-order valence-corrected chi connectivity index (χ4v) is 2.62. The molecule has 8 nitrogen and oxygen atoms in total. The largest absolute Gasteiger partial charge is 0.506 e. The second-order valence-corrected chi connectivity index (χ2v) is 8.08. The fourth-order valence-electron chi connectivity index (χ4n) is 2.62. The van der Waals surface area contributed by atoms with Crippen molar-refractivity contribution in [3.63, 3.8) is 0 Å². The molecule has 2 N–H and O–H groups in total. The van der Waals surface area contributed by atoms with Gasteiger partial charge in [-0.05, 0) is 38.5 Å². The van der Waals surface area contributed by atoms with Gasteiger partial charge >= 0.3 is 6.09 Å². The van der Waals surface area contributed by atoms with Gasteiger partial charge in [0.05, 0.1) is 5.69 Å². The van der Waals surface area contributed by atoms with Crippen LogP contribution in [0, 0.1) is 12.3 Å². The zero-order valence-corrected chi connectivity index (χ0v) is 16.2. The topological polar surface area (TPSA) is 113 Å². The number of imide groups is 1. The van der Waals surface area contributed by atoms with Gasteiger partial charge in [0.15, 0.2) is 17.4 Å². The number of benzene rings is 1. The van der Waals surface area contributed by atoms with Gasteiger partial charge in [0, 0.05) is 5.41 Å². The van der Waals surface area contributed by atoms with Crippen molar-refractivity contribution in [2.75, 3.05) is 5.32 Å². The van der Waals surface area contributed by atoms with E-state index >= 15 is 0 Å². The first-order valence-corrected chi connectivity index (χ1v) is 8.47. The maximum absolute atomic E-state index is 12.9. The summed E-state index contributed by atoms with van der Waals surface area (Å²) < 4.78 is 5.02. The summed E-state index contributed by atoms with van der Waals surface area (Å²) in [5.41, 5.74) is -1.64. The number of phenols is 1. The molecule has 27 heavy (non-hydrogen) atoms. The molecule has 1 heterocycles. The molecular formula is C19H24N2O6. The second-order valence-electron chi connectivity index (χ2n) is 8.08. The van der Waals surface area contributed by atoms with E-state index in [0.29, 0.717) is 4.90 Å². The third-order valence-corrected chi connectivity index (χ3v) is 4.18. The molecule has 0 spiro atoms. The number of aryl methyl sites for hydroxylation is 1. The number of cyclic esters (lactones) is 1. The average Bonchev–Trinajstić information content (AvgIpc) is 2.72. The van der Waals surface area contributed by atoms with Gasteiger partial charge in [-0.25, -0.2) is 9.69 Å². The zero-order valence-electron chi connectivity index (χ0n) is 16.2. The maximum atomic E-state index is 12.9. The van der Waals surface area contributed by atoms with Crippen molar-refractivity contribution in [2.24, 2.45) is 5.41 Å². The molecule has 1 fully saturated rings. The van der Waals surface area contributed by atoms with Gasteiger partial charge in [-0.1, -0.05) is 26.8 Å². The average molecular weight is 376 g/mol. The highest BCUT2D eigenvalue weighted by Gasteiger charge is 2.55. The predicted molar refractivity (Wildman–Crippen MR) is 97.1 cm³/mol. The lowest BCUT2D eigenvalue weighted by Crippen LogP contribution is -2.55. The molecule has 2 rings (SSSR count). The van der Waals surface area contributed by atoms with Crippen LogP contribution < -0.4 is 5.32 Å². The van der Waals surface area contributed by atoms with E-state index in [1.165, 1.54) is 26.0 Å². The highest BCUT2D eigenvalue weighted by atomic mass is 16.6. The number of nitrogens with zero attached hydrogens (tertiary/aromatic N) is 1. The summed E-state index contributed by atoms with van der Waals surface area (Å²) in [5.74, 6) is -2.51. The maximum Gasteiger partial charge on any atom is 0.418 e. The molecule has 0 aliphatic carbocycles. The summed E-state index contributed by atoms with van der Waals surface area (Å²) in [4.78, 5) is 51.2. The lowest BCUT2D eigenvalue weighted by molar-refractivity contribution is -0.145. The molecule has 146 valence electrons. The van der Waals surface area contributed by atoms with Gasteiger partial charge < -0.3 is 15.2 Å². The molecule has 0 radical (unpaired) electrons. The number of amides is 3. The number of aromatic hydroxyl groups is 1. The molecule has 3 amide bonds. The van der Waals surface area contributed by atoms with Crippen LogP contribution in [0.2, 0.25) is 0 Å². The Hall–Kier alpha value is -2.90. The second kappa shape index (κ2) is 6.68. The number of ether oxygens (including phenoxy) is 1. The van der Waals surface area contributed by atoms with E-state index in [0.717, 1.165) is 5.56 Å². The summed E-state index contributed by atoms with van der Waals surface area (Å²) in [6.45, 7) is 9.27. The third kappa shape index (κ3) is 3.94. The van der Waals surface area contributed by atoms with Crippen molar-refractivity contribution in [3.05, 3.63) is 23.8 Å². The molecule has 8 heteroatoms. The summed E-state index contributed by atoms with van der Waals surface area (Å²) >= 11 is 0. The number of hydrogen-bond donors (Lipinski definition) is 2. The van der Waals surface area contributed by atoms with Gasteiger partial charge in [0.2, 0.25) is 0 Å². The lowest BCUT2D eigenvalue weighted by Gasteiger charge is -2.28. The Bertz CT molecular complexity index is 822. The monoisotopic (exact) mass is 376 g/mol. The van der Waals surface area contributed by atoms with Crippen LogP contribution in [0.15, 0.2) is 18.2 Å². The highest BCUT2D eigenvalue weighted by Crippen LogP contribution is 2.31. The Morgan fingerprint density at radius 2 is 1.81 bits per heavy atom. The van der Waals surface area contributed by atoms with Crippen molar-refractivity contribution in [1.29, 1.82) is 0 Å². The number of hydrogen-bond acceptors (Lipinski definition) is 6. The molecule has 0 saturated carbocycles. The minimum atomic E-state index is -1.72. The Balaban J connectivity index is 2.46. The van der Waals surface area contributed by atoms with Crippen molar-refractivity contribution in [3.8, 4) is 5.75 Å². The minimum absolute atomic E-state index is 0.0750. The van der Waals surface area contributed by atoms with Crippen molar-refractivity contribution in [2.45, 2.75) is 53.2 Å². The number of carbonyl (C=O) groups excluding carboxylic acids is 4. The molecule has 1 aromatic rings. The highest BCUT2D eigenvalue weighted by molar-refractivity contribution is 6.18. The first-order valence-electron chi connectivity index (χ1n) is 8.47. The van der Waals surface area contributed by atoms with E-state index in [1.807, 2.05) is 0 Å². The first kappa shape index (κ1) is 20.4. The Labute approximate surface area is 157 Å². The molecule has 1 atom stereocenters. The first-order chi connectivity index (χ1) is 12.3. The molecular weight excluding hydrogens is 352 g/mol. The number of carbonyl (C=O) groups is 4. The Kier molecular flexibility index (Phi) is 5.05. The van der Waals surface area contributed by atoms with Crippen LogP contribution in [0.3, 0.4) is 0 Å². The van der Waals surface area contributed by atoms with Gasteiger partial charge in [-0.15, -0.1) is 0 Å². The molecule has 0 aromatic heterocycles. The molecule has 1 aliphatic rings. The van der Waals surface area contributed by atoms with Crippen molar-refractivity contribution >= 4 is 29.4 Å². The van der Waals surface area contributed by atoms with E-state index in [9.17, 15) is 24.3 Å². The molecule has 0 bridgehead atoms. The van der Waals surface area contributed by atoms with Gasteiger partial charge in [-0.3, -0.25) is 14.4 Å². The number of anilines is 1. The van der Waals surface area contributed by atoms with Crippen molar-refractivity contribution < 1.29 is 29.0 Å². The standard InChI is InChI=1S/C19H24N2O6/c1-10-7-8-12(22)11(9-10)20-15(24)13(14(23)18(2,3)4)21-16(25)19(5,6)27-17(21)26/h7-9,13,22H,1-6H3,(H,20,24). The van der Waals surface area contributed by atoms with Crippen molar-refractivity contribution in [1.82, 2.24) is 4.90 Å². The van der Waals surface area contributed by atoms with E-state index in [2.05, 4.69) is 5.32 Å². The van der Waals surface area contributed by atoms with Crippen LogP contribution >= 0.6 is 0 Å². The van der Waals surface area contributed by atoms with Crippen LogP contribution in [-0.4, -0.2) is 45.3 Å². The van der Waals surface area contributed by atoms with Crippen LogP contribution in [0.25, 0.3) is 0 Å². The van der Waals surface area contributed by atoms with Gasteiger partial charge in [-0.2, -0.15) is 0 Å². The SMILES string of the molecule is Cc1ccc(O)c(NC(=O)C(C(=O)C(C)(C)C)N2C(=O)OC(C)(C)C2=O)c1. The zero-order chi connectivity index (χ0) is 20.7. The summed E-state index contributed by atoms with van der Waals surface area (Å²) in [6, 6.07) is 2.84. The smallest absolute Gasteiger partial charge is 0.418 e. The number of ketones is 1. The summed E-state index contributed by atoms with van der Waals surface area (Å²) in [6.07, 6.45) is -1.06. The number of Topliss-reactive ketones (excluding diaryl/α,β-unsaturated/α-hetero) is 1. The molecule has 1 aliphatic heterocycles. The number of nitrogens with one attached hydrogen (secondary N) is 1. The lowest BCUT2D eigenvalue weighted by atomic mass is 9.85. The predicted octanol–water partition coefficient (Wildman–Crippen LogP) is 2.38. The third-order valence-electron chi connectivity index (χ3n) is 4.18. The van der Waals surface area contributed by atoms with E-state index in [-0.39, 0.29) is 11.4 Å². The van der Waals surface area contributed by atoms with Gasteiger partial charge in [0.1, 0.15) is 5.75 Å². The van der Waals surface area contributed by atoms with Crippen LogP contribution in [0.5, 0.6) is 5.75 Å². The number of phenolic OH excluding ortho intramolecular Hbond substituents is 1. The quantitative estimate of drug-likeness (QED) is 0.616. The molecule has 1 aromatic carbocycles. The summed E-state index contributed by atoms with van der Waals surface area (Å²) in [5, 5.41) is 12.4. The fraction of sp³-hybridized carbons (Fsp3) is 0.474. The van der Waals surface area contributed by atoms with Crippen LogP contribution in [-0.2, 0) is 19.1 Å².